The average Bonchev–Trinajstić information content (AvgIpc) is 2.21. The summed E-state index contributed by atoms with van der Waals surface area (Å²) in [4.78, 5) is 0. The van der Waals surface area contributed by atoms with Gasteiger partial charge in [-0.2, -0.15) is 0 Å². The topological polar surface area (TPSA) is 32.3 Å². The smallest absolute Gasteiger partial charge is 0.129 e. The Morgan fingerprint density at radius 2 is 2.12 bits per heavy atom. The van der Waals surface area contributed by atoms with Crippen molar-refractivity contribution in [1.82, 2.24) is 5.32 Å². The molecule has 1 rings (SSSR count). The Kier molecular flexibility index (Phi) is 5.19. The van der Waals surface area contributed by atoms with Gasteiger partial charge in [-0.05, 0) is 18.1 Å². The third-order valence-electron chi connectivity index (χ3n) is 2.57. The Morgan fingerprint density at radius 3 is 2.62 bits per heavy atom. The molecule has 4 heteroatoms. The molecular weight excluding hydrogens is 229 g/mol. The highest BCUT2D eigenvalue weighted by Gasteiger charge is 2.12. The van der Waals surface area contributed by atoms with Crippen LogP contribution >= 0.6 is 11.6 Å². The van der Waals surface area contributed by atoms with Crippen LogP contribution in [0.15, 0.2) is 18.2 Å². The van der Waals surface area contributed by atoms with Gasteiger partial charge in [-0.1, -0.05) is 31.5 Å². The van der Waals surface area contributed by atoms with Crippen molar-refractivity contribution in [3.05, 3.63) is 34.6 Å². The second-order valence-corrected chi connectivity index (χ2v) is 4.59. The van der Waals surface area contributed by atoms with Crippen molar-refractivity contribution in [2.75, 3.05) is 6.61 Å². The van der Waals surface area contributed by atoms with Crippen LogP contribution in [0.1, 0.15) is 19.4 Å². The molecule has 2 nitrogen and oxygen atoms in total. The number of aliphatic hydroxyl groups is 1. The normalized spacial score (nSPS) is 13.1. The summed E-state index contributed by atoms with van der Waals surface area (Å²) in [5, 5.41) is 12.6. The molecule has 0 saturated heterocycles. The van der Waals surface area contributed by atoms with Gasteiger partial charge in [0.2, 0.25) is 0 Å². The first-order valence-electron chi connectivity index (χ1n) is 5.32. The summed E-state index contributed by atoms with van der Waals surface area (Å²) < 4.78 is 13.4. The van der Waals surface area contributed by atoms with Crippen molar-refractivity contribution in [2.24, 2.45) is 5.92 Å². The van der Waals surface area contributed by atoms with Gasteiger partial charge in [0.1, 0.15) is 5.82 Å². The van der Waals surface area contributed by atoms with Crippen LogP contribution in [0.5, 0.6) is 0 Å². The lowest BCUT2D eigenvalue weighted by Crippen LogP contribution is -2.36. The molecule has 0 aliphatic rings. The molecule has 1 aromatic rings. The van der Waals surface area contributed by atoms with E-state index in [1.165, 1.54) is 6.07 Å². The van der Waals surface area contributed by atoms with Gasteiger partial charge < -0.3 is 10.4 Å². The largest absolute Gasteiger partial charge is 0.395 e. The lowest BCUT2D eigenvalue weighted by molar-refractivity contribution is 0.209. The average molecular weight is 246 g/mol. The standard InChI is InChI=1S/C12H17ClFNO/c1-8(2)12(7-16)15-6-9-3-4-10(13)5-11(9)14/h3-5,8,12,15-16H,6-7H2,1-2H3. The molecule has 16 heavy (non-hydrogen) atoms. The minimum Gasteiger partial charge on any atom is -0.395 e. The maximum atomic E-state index is 13.4. The predicted molar refractivity (Wildman–Crippen MR) is 64.0 cm³/mol. The summed E-state index contributed by atoms with van der Waals surface area (Å²) in [6.45, 7) is 4.46. The number of rotatable bonds is 5. The van der Waals surface area contributed by atoms with Crippen molar-refractivity contribution in [3.63, 3.8) is 0 Å². The van der Waals surface area contributed by atoms with E-state index in [2.05, 4.69) is 5.32 Å². The molecule has 90 valence electrons. The molecule has 0 radical (unpaired) electrons. The van der Waals surface area contributed by atoms with Crippen molar-refractivity contribution in [3.8, 4) is 0 Å². The van der Waals surface area contributed by atoms with Gasteiger partial charge in [0.05, 0.1) is 6.61 Å². The van der Waals surface area contributed by atoms with E-state index in [-0.39, 0.29) is 18.5 Å². The molecule has 0 fully saturated rings. The number of benzene rings is 1. The third-order valence-corrected chi connectivity index (χ3v) is 2.81. The van der Waals surface area contributed by atoms with E-state index in [0.29, 0.717) is 23.0 Å². The molecule has 1 aromatic carbocycles. The van der Waals surface area contributed by atoms with Crippen LogP contribution in [0.4, 0.5) is 4.39 Å². The van der Waals surface area contributed by atoms with Crippen molar-refractivity contribution in [2.45, 2.75) is 26.4 Å². The third kappa shape index (κ3) is 3.74. The highest BCUT2D eigenvalue weighted by molar-refractivity contribution is 6.30. The second-order valence-electron chi connectivity index (χ2n) is 4.15. The van der Waals surface area contributed by atoms with E-state index in [0.717, 1.165) is 0 Å². The predicted octanol–water partition coefficient (Wildman–Crippen LogP) is 2.59. The number of hydrogen-bond donors (Lipinski definition) is 2. The van der Waals surface area contributed by atoms with Crippen LogP contribution in [-0.2, 0) is 6.54 Å². The molecule has 0 saturated carbocycles. The zero-order valence-corrected chi connectivity index (χ0v) is 10.3. The fourth-order valence-corrected chi connectivity index (χ4v) is 1.58. The van der Waals surface area contributed by atoms with E-state index in [1.807, 2.05) is 13.8 Å². The first-order valence-corrected chi connectivity index (χ1v) is 5.70. The Morgan fingerprint density at radius 1 is 1.44 bits per heavy atom. The molecule has 0 amide bonds. The summed E-state index contributed by atoms with van der Waals surface area (Å²) in [6.07, 6.45) is 0. The van der Waals surface area contributed by atoms with Crippen molar-refractivity contribution < 1.29 is 9.50 Å². The second kappa shape index (κ2) is 6.18. The van der Waals surface area contributed by atoms with Crippen LogP contribution in [-0.4, -0.2) is 17.8 Å². The van der Waals surface area contributed by atoms with E-state index < -0.39 is 0 Å². The van der Waals surface area contributed by atoms with Crippen LogP contribution in [0.3, 0.4) is 0 Å². The van der Waals surface area contributed by atoms with Gasteiger partial charge >= 0.3 is 0 Å². The first kappa shape index (κ1) is 13.4. The maximum Gasteiger partial charge on any atom is 0.129 e. The minimum atomic E-state index is -0.319. The number of nitrogens with one attached hydrogen (secondary N) is 1. The molecule has 0 aliphatic carbocycles. The van der Waals surface area contributed by atoms with Crippen LogP contribution in [0, 0.1) is 11.7 Å². The molecule has 0 spiro atoms. The summed E-state index contributed by atoms with van der Waals surface area (Å²) in [7, 11) is 0. The monoisotopic (exact) mass is 245 g/mol. The highest BCUT2D eigenvalue weighted by atomic mass is 35.5. The van der Waals surface area contributed by atoms with E-state index >= 15 is 0 Å². The molecule has 2 N–H and O–H groups in total. The molecule has 1 unspecified atom stereocenters. The van der Waals surface area contributed by atoms with Gasteiger partial charge in [-0.25, -0.2) is 4.39 Å². The lowest BCUT2D eigenvalue weighted by Gasteiger charge is -2.20. The number of hydrogen-bond acceptors (Lipinski definition) is 2. The zero-order chi connectivity index (χ0) is 12.1. The van der Waals surface area contributed by atoms with Crippen molar-refractivity contribution >= 4 is 11.6 Å². The lowest BCUT2D eigenvalue weighted by atomic mass is 10.1. The Hall–Kier alpha value is -0.640. The van der Waals surface area contributed by atoms with E-state index in [4.69, 9.17) is 16.7 Å². The Bertz CT molecular complexity index is 344. The zero-order valence-electron chi connectivity index (χ0n) is 9.50. The summed E-state index contributed by atoms with van der Waals surface area (Å²) in [5.74, 6) is -0.0131. The number of aliphatic hydroxyl groups excluding tert-OH is 1. The van der Waals surface area contributed by atoms with Gasteiger partial charge in [0.15, 0.2) is 0 Å². The quantitative estimate of drug-likeness (QED) is 0.836. The summed E-state index contributed by atoms with van der Waals surface area (Å²) in [6, 6.07) is 4.59. The molecule has 0 aromatic heterocycles. The highest BCUT2D eigenvalue weighted by Crippen LogP contribution is 2.14. The van der Waals surface area contributed by atoms with Crippen LogP contribution in [0.25, 0.3) is 0 Å². The van der Waals surface area contributed by atoms with Gasteiger partial charge in [0, 0.05) is 23.2 Å². The fraction of sp³-hybridized carbons (Fsp3) is 0.500. The summed E-state index contributed by atoms with van der Waals surface area (Å²) >= 11 is 5.66. The van der Waals surface area contributed by atoms with Crippen LogP contribution in [0.2, 0.25) is 5.02 Å². The van der Waals surface area contributed by atoms with Gasteiger partial charge in [-0.15, -0.1) is 0 Å². The molecule has 0 aliphatic heterocycles. The Labute approximate surface area is 100 Å². The first-order chi connectivity index (χ1) is 7.54. The SMILES string of the molecule is CC(C)C(CO)NCc1ccc(Cl)cc1F. The van der Waals surface area contributed by atoms with Crippen molar-refractivity contribution in [1.29, 1.82) is 0 Å². The molecule has 0 heterocycles. The summed E-state index contributed by atoms with van der Waals surface area (Å²) in [5.41, 5.74) is 0.559. The fourth-order valence-electron chi connectivity index (χ4n) is 1.42. The minimum absolute atomic E-state index is 0.0184. The van der Waals surface area contributed by atoms with Gasteiger partial charge in [0.25, 0.3) is 0 Å². The van der Waals surface area contributed by atoms with Gasteiger partial charge in [-0.3, -0.25) is 0 Å². The maximum absolute atomic E-state index is 13.4. The van der Waals surface area contributed by atoms with E-state index in [1.54, 1.807) is 12.1 Å². The Balaban J connectivity index is 2.60. The molecule has 1 atom stereocenters. The van der Waals surface area contributed by atoms with Crippen LogP contribution < -0.4 is 5.32 Å². The van der Waals surface area contributed by atoms with E-state index in [9.17, 15) is 4.39 Å². The molecular formula is C12H17ClFNO. The number of halogens is 2. The molecule has 0 bridgehead atoms.